The van der Waals surface area contributed by atoms with Gasteiger partial charge in [-0.05, 0) is 17.7 Å². The van der Waals surface area contributed by atoms with Crippen LogP contribution in [0.25, 0.3) is 0 Å². The van der Waals surface area contributed by atoms with Gasteiger partial charge in [-0.1, -0.05) is 28.1 Å². The molecule has 0 saturated heterocycles. The number of ether oxygens (including phenoxy) is 1. The number of hydrogen-bond donors (Lipinski definition) is 2. The summed E-state index contributed by atoms with van der Waals surface area (Å²) in [6.45, 7) is 0.621. The Bertz CT molecular complexity index is 541. The molecule has 0 unspecified atom stereocenters. The third-order valence-corrected chi connectivity index (χ3v) is 2.85. The summed E-state index contributed by atoms with van der Waals surface area (Å²) in [5.74, 6) is 0.930. The molecule has 1 aromatic carbocycles. The first kappa shape index (κ1) is 13.5. The number of anilines is 2. The molecule has 2 aromatic rings. The topological polar surface area (TPSA) is 72.0 Å². The summed E-state index contributed by atoms with van der Waals surface area (Å²) in [4.78, 5) is 12.4. The zero-order valence-corrected chi connectivity index (χ0v) is 12.2. The maximum atomic E-state index is 5.02. The molecule has 0 fully saturated rings. The summed E-state index contributed by atoms with van der Waals surface area (Å²) >= 11 is 3.43. The molecule has 7 heteroatoms. The second-order valence-electron chi connectivity index (χ2n) is 3.70. The first-order valence-corrected chi connectivity index (χ1v) is 6.46. The molecule has 0 bridgehead atoms. The lowest BCUT2D eigenvalue weighted by atomic mass is 10.2. The van der Waals surface area contributed by atoms with Gasteiger partial charge in [0.25, 0.3) is 0 Å². The average molecular weight is 324 g/mol. The van der Waals surface area contributed by atoms with Crippen molar-refractivity contribution in [2.45, 2.75) is 6.54 Å². The van der Waals surface area contributed by atoms with E-state index in [9.17, 15) is 0 Å². The Balaban J connectivity index is 2.10. The van der Waals surface area contributed by atoms with E-state index >= 15 is 0 Å². The lowest BCUT2D eigenvalue weighted by Crippen LogP contribution is -2.08. The summed E-state index contributed by atoms with van der Waals surface area (Å²) in [7, 11) is 3.26. The van der Waals surface area contributed by atoms with E-state index in [2.05, 4.69) is 41.5 Å². The van der Waals surface area contributed by atoms with Gasteiger partial charge in [-0.25, -0.2) is 0 Å². The van der Waals surface area contributed by atoms with Crippen molar-refractivity contribution in [2.75, 3.05) is 24.8 Å². The fourth-order valence-electron chi connectivity index (χ4n) is 1.47. The van der Waals surface area contributed by atoms with Gasteiger partial charge in [0.1, 0.15) is 0 Å². The Morgan fingerprint density at radius 2 is 2.00 bits per heavy atom. The van der Waals surface area contributed by atoms with Crippen LogP contribution in [0.5, 0.6) is 6.01 Å². The summed E-state index contributed by atoms with van der Waals surface area (Å²) in [6, 6.07) is 8.29. The van der Waals surface area contributed by atoms with E-state index in [1.165, 1.54) is 7.11 Å². The van der Waals surface area contributed by atoms with Crippen LogP contribution in [-0.2, 0) is 6.54 Å². The normalized spacial score (nSPS) is 10.1. The number of nitrogens with zero attached hydrogens (tertiary/aromatic N) is 3. The first-order valence-electron chi connectivity index (χ1n) is 5.67. The minimum Gasteiger partial charge on any atom is -0.467 e. The van der Waals surface area contributed by atoms with Gasteiger partial charge >= 0.3 is 6.01 Å². The van der Waals surface area contributed by atoms with Crippen LogP contribution < -0.4 is 15.4 Å². The van der Waals surface area contributed by atoms with Gasteiger partial charge in [0.15, 0.2) is 0 Å². The van der Waals surface area contributed by atoms with E-state index in [0.29, 0.717) is 18.4 Å². The van der Waals surface area contributed by atoms with E-state index in [1.807, 2.05) is 24.3 Å². The van der Waals surface area contributed by atoms with Crippen LogP contribution in [0.3, 0.4) is 0 Å². The van der Waals surface area contributed by atoms with E-state index in [4.69, 9.17) is 4.74 Å². The van der Waals surface area contributed by atoms with Crippen LogP contribution in [0.4, 0.5) is 11.9 Å². The predicted molar refractivity (Wildman–Crippen MR) is 77.4 cm³/mol. The molecule has 6 nitrogen and oxygen atoms in total. The Labute approximate surface area is 119 Å². The Kier molecular flexibility index (Phi) is 4.51. The minimum absolute atomic E-state index is 0.274. The highest BCUT2D eigenvalue weighted by Crippen LogP contribution is 2.14. The molecule has 2 rings (SSSR count). The van der Waals surface area contributed by atoms with E-state index in [0.717, 1.165) is 10.0 Å². The third-order valence-electron chi connectivity index (χ3n) is 2.36. The summed E-state index contributed by atoms with van der Waals surface area (Å²) in [6.07, 6.45) is 0. The van der Waals surface area contributed by atoms with Gasteiger partial charge in [0, 0.05) is 18.1 Å². The number of halogens is 1. The molecule has 0 aliphatic heterocycles. The molecule has 100 valence electrons. The van der Waals surface area contributed by atoms with Crippen LogP contribution in [-0.4, -0.2) is 29.1 Å². The van der Waals surface area contributed by atoms with Gasteiger partial charge < -0.3 is 15.4 Å². The maximum absolute atomic E-state index is 5.02. The minimum atomic E-state index is 0.274. The van der Waals surface area contributed by atoms with E-state index < -0.39 is 0 Å². The van der Waals surface area contributed by atoms with Crippen molar-refractivity contribution in [3.8, 4) is 6.01 Å². The van der Waals surface area contributed by atoms with Crippen molar-refractivity contribution in [2.24, 2.45) is 0 Å². The molecule has 0 atom stereocenters. The number of benzene rings is 1. The van der Waals surface area contributed by atoms with Crippen LogP contribution >= 0.6 is 15.9 Å². The molecule has 19 heavy (non-hydrogen) atoms. The summed E-state index contributed by atoms with van der Waals surface area (Å²) < 4.78 is 6.06. The predicted octanol–water partition coefficient (Wildman–Crippen LogP) is 2.30. The largest absolute Gasteiger partial charge is 0.467 e. The highest BCUT2D eigenvalue weighted by atomic mass is 79.9. The zero-order valence-electron chi connectivity index (χ0n) is 10.6. The number of rotatable bonds is 5. The number of methoxy groups -OCH3 is 1. The maximum Gasteiger partial charge on any atom is 0.322 e. The van der Waals surface area contributed by atoms with Gasteiger partial charge in [-0.2, -0.15) is 15.0 Å². The zero-order chi connectivity index (χ0) is 13.7. The highest BCUT2D eigenvalue weighted by molar-refractivity contribution is 9.10. The highest BCUT2D eigenvalue weighted by Gasteiger charge is 2.05. The smallest absolute Gasteiger partial charge is 0.322 e. The van der Waals surface area contributed by atoms with Crippen LogP contribution in [0.1, 0.15) is 5.56 Å². The number of aromatic nitrogens is 3. The summed E-state index contributed by atoms with van der Waals surface area (Å²) in [5.41, 5.74) is 1.12. The average Bonchev–Trinajstić information content (AvgIpc) is 2.44. The monoisotopic (exact) mass is 323 g/mol. The molecule has 0 amide bonds. The Morgan fingerprint density at radius 1 is 1.21 bits per heavy atom. The molecule has 1 heterocycles. The fourth-order valence-corrected chi connectivity index (χ4v) is 1.91. The Morgan fingerprint density at radius 3 is 2.68 bits per heavy atom. The molecule has 0 aliphatic carbocycles. The van der Waals surface area contributed by atoms with Crippen molar-refractivity contribution >= 4 is 27.8 Å². The quantitative estimate of drug-likeness (QED) is 0.879. The SMILES string of the molecule is CNc1nc(NCc2cccc(Br)c2)nc(OC)n1. The van der Waals surface area contributed by atoms with E-state index in [-0.39, 0.29) is 6.01 Å². The molecule has 0 aliphatic rings. The lowest BCUT2D eigenvalue weighted by molar-refractivity contribution is 0.379. The number of hydrogen-bond acceptors (Lipinski definition) is 6. The standard InChI is InChI=1S/C12H14BrN5O/c1-14-10-16-11(18-12(17-10)19-2)15-7-8-4-3-5-9(13)6-8/h3-6H,7H2,1-2H3,(H2,14,15,16,17,18). The third kappa shape index (κ3) is 3.78. The molecular weight excluding hydrogens is 310 g/mol. The van der Waals surface area contributed by atoms with Gasteiger partial charge in [0.05, 0.1) is 7.11 Å². The van der Waals surface area contributed by atoms with Crippen molar-refractivity contribution in [3.05, 3.63) is 34.3 Å². The lowest BCUT2D eigenvalue weighted by Gasteiger charge is -2.08. The number of nitrogens with one attached hydrogen (secondary N) is 2. The van der Waals surface area contributed by atoms with Crippen LogP contribution in [0, 0.1) is 0 Å². The van der Waals surface area contributed by atoms with Gasteiger partial charge in [0.2, 0.25) is 11.9 Å². The first-order chi connectivity index (χ1) is 9.21. The van der Waals surface area contributed by atoms with E-state index in [1.54, 1.807) is 7.05 Å². The van der Waals surface area contributed by atoms with Gasteiger partial charge in [-0.15, -0.1) is 0 Å². The van der Waals surface area contributed by atoms with Crippen molar-refractivity contribution in [1.82, 2.24) is 15.0 Å². The van der Waals surface area contributed by atoms with Crippen molar-refractivity contribution < 1.29 is 4.74 Å². The van der Waals surface area contributed by atoms with Crippen molar-refractivity contribution in [1.29, 1.82) is 0 Å². The molecule has 2 N–H and O–H groups in total. The molecular formula is C12H14BrN5O. The summed E-state index contributed by atoms with van der Waals surface area (Å²) in [5, 5.41) is 5.99. The molecule has 0 spiro atoms. The molecule has 0 saturated carbocycles. The fraction of sp³-hybridized carbons (Fsp3) is 0.250. The second kappa shape index (κ2) is 6.33. The molecule has 0 radical (unpaired) electrons. The van der Waals surface area contributed by atoms with Crippen LogP contribution in [0.15, 0.2) is 28.7 Å². The molecule has 1 aromatic heterocycles. The van der Waals surface area contributed by atoms with Crippen LogP contribution in [0.2, 0.25) is 0 Å². The Hall–Kier alpha value is -1.89. The van der Waals surface area contributed by atoms with Gasteiger partial charge in [-0.3, -0.25) is 0 Å². The second-order valence-corrected chi connectivity index (χ2v) is 4.62. The van der Waals surface area contributed by atoms with Crippen molar-refractivity contribution in [3.63, 3.8) is 0 Å².